The Kier molecular flexibility index (Phi) is 4.84. The Bertz CT molecular complexity index is 779. The minimum Gasteiger partial charge on any atom is -0.459 e. The summed E-state index contributed by atoms with van der Waals surface area (Å²) in [4.78, 5) is 28.9. The summed E-state index contributed by atoms with van der Waals surface area (Å²) >= 11 is 2.97. The molecule has 23 heavy (non-hydrogen) atoms. The predicted octanol–water partition coefficient (Wildman–Crippen LogP) is 3.22. The normalized spacial score (nSPS) is 10.4. The Hall–Kier alpha value is -2.45. The first kappa shape index (κ1) is 15.4. The van der Waals surface area contributed by atoms with Gasteiger partial charge in [-0.3, -0.25) is 9.59 Å². The molecular formula is C15H13N3O3S2. The lowest BCUT2D eigenvalue weighted by atomic mass is 10.3. The Labute approximate surface area is 140 Å². The number of anilines is 1. The van der Waals surface area contributed by atoms with Crippen LogP contribution in [0.4, 0.5) is 5.13 Å². The predicted molar refractivity (Wildman–Crippen MR) is 89.7 cm³/mol. The maximum Gasteiger partial charge on any atom is 0.286 e. The molecule has 0 aliphatic heterocycles. The number of carbonyl (C=O) groups excluding carboxylic acids is 2. The maximum absolute atomic E-state index is 11.9. The quantitative estimate of drug-likeness (QED) is 0.717. The van der Waals surface area contributed by atoms with Gasteiger partial charge in [0.15, 0.2) is 10.9 Å². The second kappa shape index (κ2) is 7.21. The molecule has 0 saturated heterocycles. The van der Waals surface area contributed by atoms with Crippen LogP contribution in [-0.2, 0) is 4.79 Å². The van der Waals surface area contributed by atoms with Crippen molar-refractivity contribution in [2.24, 2.45) is 0 Å². The Morgan fingerprint density at radius 1 is 1.22 bits per heavy atom. The van der Waals surface area contributed by atoms with Crippen LogP contribution in [0.15, 0.2) is 45.7 Å². The molecule has 0 radical (unpaired) electrons. The van der Waals surface area contributed by atoms with Crippen molar-refractivity contribution >= 4 is 39.6 Å². The van der Waals surface area contributed by atoms with Crippen LogP contribution >= 0.6 is 22.7 Å². The molecule has 0 spiro atoms. The molecule has 0 fully saturated rings. The summed E-state index contributed by atoms with van der Waals surface area (Å²) in [5.74, 6) is -0.306. The molecule has 3 heterocycles. The highest BCUT2D eigenvalue weighted by Crippen LogP contribution is 2.28. The number of nitrogens with zero attached hydrogens (tertiary/aromatic N) is 1. The molecule has 2 amide bonds. The van der Waals surface area contributed by atoms with E-state index in [1.807, 2.05) is 22.9 Å². The first-order valence-electron chi connectivity index (χ1n) is 6.83. The molecule has 0 unspecified atom stereocenters. The second-order valence-corrected chi connectivity index (χ2v) is 6.35. The van der Waals surface area contributed by atoms with Crippen LogP contribution < -0.4 is 10.6 Å². The first-order valence-corrected chi connectivity index (χ1v) is 8.59. The van der Waals surface area contributed by atoms with Crippen LogP contribution in [0.25, 0.3) is 10.6 Å². The molecule has 8 heteroatoms. The molecule has 0 aliphatic rings. The fourth-order valence-corrected chi connectivity index (χ4v) is 3.32. The van der Waals surface area contributed by atoms with Crippen LogP contribution in [0.2, 0.25) is 0 Å². The van der Waals surface area contributed by atoms with Crippen molar-refractivity contribution in [2.75, 3.05) is 11.9 Å². The first-order chi connectivity index (χ1) is 11.2. The molecule has 0 aliphatic carbocycles. The lowest BCUT2D eigenvalue weighted by Crippen LogP contribution is -2.27. The van der Waals surface area contributed by atoms with E-state index in [9.17, 15) is 9.59 Å². The van der Waals surface area contributed by atoms with Crippen LogP contribution in [0.1, 0.15) is 17.0 Å². The van der Waals surface area contributed by atoms with E-state index in [-0.39, 0.29) is 30.5 Å². The topological polar surface area (TPSA) is 84.2 Å². The summed E-state index contributed by atoms with van der Waals surface area (Å²) in [6.45, 7) is 0.231. The highest BCUT2D eigenvalue weighted by Gasteiger charge is 2.11. The smallest absolute Gasteiger partial charge is 0.286 e. The third-order valence-electron chi connectivity index (χ3n) is 2.91. The molecule has 0 bridgehead atoms. The van der Waals surface area contributed by atoms with Crippen molar-refractivity contribution in [1.82, 2.24) is 10.3 Å². The van der Waals surface area contributed by atoms with Gasteiger partial charge in [0.25, 0.3) is 5.91 Å². The Morgan fingerprint density at radius 2 is 2.13 bits per heavy atom. The zero-order chi connectivity index (χ0) is 16.1. The van der Waals surface area contributed by atoms with Gasteiger partial charge in [0.05, 0.1) is 16.8 Å². The van der Waals surface area contributed by atoms with Crippen molar-refractivity contribution in [3.8, 4) is 10.6 Å². The van der Waals surface area contributed by atoms with Crippen LogP contribution in [-0.4, -0.2) is 23.3 Å². The summed E-state index contributed by atoms with van der Waals surface area (Å²) in [7, 11) is 0. The average molecular weight is 347 g/mol. The molecule has 0 atom stereocenters. The summed E-state index contributed by atoms with van der Waals surface area (Å²) in [5, 5.41) is 9.79. The summed E-state index contributed by atoms with van der Waals surface area (Å²) in [6.07, 6.45) is 1.59. The number of rotatable bonds is 6. The van der Waals surface area contributed by atoms with Crippen molar-refractivity contribution in [3.63, 3.8) is 0 Å². The van der Waals surface area contributed by atoms with Gasteiger partial charge in [-0.1, -0.05) is 6.07 Å². The highest BCUT2D eigenvalue weighted by atomic mass is 32.1. The van der Waals surface area contributed by atoms with Gasteiger partial charge in [0.2, 0.25) is 5.91 Å². The zero-order valence-electron chi connectivity index (χ0n) is 11.9. The molecule has 3 aromatic rings. The SMILES string of the molecule is O=C(CCNC(=O)c1ccco1)Nc1nc(-c2cccs2)cs1. The average Bonchev–Trinajstić information content (AvgIpc) is 3.28. The maximum atomic E-state index is 11.9. The number of hydrogen-bond donors (Lipinski definition) is 2. The number of nitrogens with one attached hydrogen (secondary N) is 2. The van der Waals surface area contributed by atoms with Gasteiger partial charge in [-0.2, -0.15) is 0 Å². The van der Waals surface area contributed by atoms with Gasteiger partial charge in [-0.15, -0.1) is 22.7 Å². The van der Waals surface area contributed by atoms with Gasteiger partial charge in [-0.05, 0) is 23.6 Å². The van der Waals surface area contributed by atoms with E-state index < -0.39 is 0 Å². The molecular weight excluding hydrogens is 334 g/mol. The van der Waals surface area contributed by atoms with E-state index >= 15 is 0 Å². The largest absolute Gasteiger partial charge is 0.459 e. The minimum atomic E-state index is -0.336. The van der Waals surface area contributed by atoms with Gasteiger partial charge in [-0.25, -0.2) is 4.98 Å². The molecule has 3 aromatic heterocycles. The molecule has 118 valence electrons. The van der Waals surface area contributed by atoms with Gasteiger partial charge >= 0.3 is 0 Å². The van der Waals surface area contributed by atoms with Gasteiger partial charge in [0.1, 0.15) is 0 Å². The minimum absolute atomic E-state index is 0.167. The number of amides is 2. The van der Waals surface area contributed by atoms with E-state index in [2.05, 4.69) is 15.6 Å². The number of carbonyl (C=O) groups is 2. The van der Waals surface area contributed by atoms with Gasteiger partial charge < -0.3 is 15.1 Å². The number of thiophene rings is 1. The number of thiazole rings is 1. The van der Waals surface area contributed by atoms with E-state index in [0.717, 1.165) is 10.6 Å². The van der Waals surface area contributed by atoms with Crippen molar-refractivity contribution in [3.05, 3.63) is 47.0 Å². The molecule has 0 saturated carbocycles. The summed E-state index contributed by atoms with van der Waals surface area (Å²) in [6, 6.07) is 7.14. The van der Waals surface area contributed by atoms with Crippen molar-refractivity contribution in [1.29, 1.82) is 0 Å². The summed E-state index contributed by atoms with van der Waals surface area (Å²) < 4.78 is 4.97. The zero-order valence-corrected chi connectivity index (χ0v) is 13.6. The number of aromatic nitrogens is 1. The fraction of sp³-hybridized carbons (Fsp3) is 0.133. The standard InChI is InChI=1S/C15H13N3O3S2/c19-13(5-6-16-14(20)11-3-1-7-21-11)18-15-17-10(9-23-15)12-4-2-8-22-12/h1-4,7-9H,5-6H2,(H,16,20)(H,17,18,19). The monoisotopic (exact) mass is 347 g/mol. The fourth-order valence-electron chi connectivity index (χ4n) is 1.83. The lowest BCUT2D eigenvalue weighted by Gasteiger charge is -2.03. The second-order valence-electron chi connectivity index (χ2n) is 4.55. The van der Waals surface area contributed by atoms with Crippen LogP contribution in [0, 0.1) is 0 Å². The molecule has 3 rings (SSSR count). The molecule has 0 aromatic carbocycles. The van der Waals surface area contributed by atoms with E-state index in [1.165, 1.54) is 17.6 Å². The lowest BCUT2D eigenvalue weighted by molar-refractivity contribution is -0.116. The van der Waals surface area contributed by atoms with Crippen molar-refractivity contribution in [2.45, 2.75) is 6.42 Å². The van der Waals surface area contributed by atoms with Gasteiger partial charge in [0, 0.05) is 18.3 Å². The van der Waals surface area contributed by atoms with Crippen molar-refractivity contribution < 1.29 is 14.0 Å². The van der Waals surface area contributed by atoms with Crippen LogP contribution in [0.3, 0.4) is 0 Å². The van der Waals surface area contributed by atoms with E-state index in [4.69, 9.17) is 4.42 Å². The van der Waals surface area contributed by atoms with Crippen LogP contribution in [0.5, 0.6) is 0 Å². The Morgan fingerprint density at radius 3 is 2.87 bits per heavy atom. The third-order valence-corrected chi connectivity index (χ3v) is 4.56. The number of hydrogen-bond acceptors (Lipinski definition) is 6. The van der Waals surface area contributed by atoms with E-state index in [0.29, 0.717) is 5.13 Å². The van der Waals surface area contributed by atoms with E-state index in [1.54, 1.807) is 23.5 Å². The number of furan rings is 1. The highest BCUT2D eigenvalue weighted by molar-refractivity contribution is 7.16. The Balaban J connectivity index is 1.45. The summed E-state index contributed by atoms with van der Waals surface area (Å²) in [5.41, 5.74) is 0.853. The molecule has 6 nitrogen and oxygen atoms in total. The molecule has 2 N–H and O–H groups in total. The third kappa shape index (κ3) is 4.05.